The van der Waals surface area contributed by atoms with Crippen molar-refractivity contribution < 1.29 is 9.59 Å². The highest BCUT2D eigenvalue weighted by Crippen LogP contribution is 2.47. The van der Waals surface area contributed by atoms with Crippen LogP contribution in [0.4, 0.5) is 0 Å². The van der Waals surface area contributed by atoms with Gasteiger partial charge in [0.15, 0.2) is 0 Å². The average molecular weight is 274 g/mol. The molecule has 0 aromatic heterocycles. The minimum absolute atomic E-state index is 0.0218. The molecule has 3 N–H and O–H groups in total. The topological polar surface area (TPSA) is 72.2 Å². The van der Waals surface area contributed by atoms with Crippen molar-refractivity contribution in [2.75, 3.05) is 0 Å². The van der Waals surface area contributed by atoms with Crippen LogP contribution in [-0.2, 0) is 9.59 Å². The van der Waals surface area contributed by atoms with Crippen LogP contribution in [0, 0.1) is 11.8 Å². The molecular formula is C16H22N2O2. The largest absolute Gasteiger partial charge is 0.368 e. The van der Waals surface area contributed by atoms with Gasteiger partial charge in [-0.15, -0.1) is 0 Å². The zero-order valence-electron chi connectivity index (χ0n) is 12.0. The van der Waals surface area contributed by atoms with Gasteiger partial charge in [-0.05, 0) is 30.2 Å². The summed E-state index contributed by atoms with van der Waals surface area (Å²) in [5.41, 5.74) is 6.53. The van der Waals surface area contributed by atoms with E-state index in [1.54, 1.807) is 0 Å². The molecule has 0 bridgehead atoms. The second-order valence-electron chi connectivity index (χ2n) is 5.95. The molecule has 2 amide bonds. The van der Waals surface area contributed by atoms with Crippen LogP contribution in [-0.4, -0.2) is 17.9 Å². The van der Waals surface area contributed by atoms with E-state index in [-0.39, 0.29) is 17.7 Å². The first-order valence-corrected chi connectivity index (χ1v) is 7.13. The number of amides is 2. The van der Waals surface area contributed by atoms with Crippen LogP contribution in [0.1, 0.15) is 38.2 Å². The predicted octanol–water partition coefficient (Wildman–Crippen LogP) is 1.81. The van der Waals surface area contributed by atoms with Crippen molar-refractivity contribution in [3.63, 3.8) is 0 Å². The van der Waals surface area contributed by atoms with Gasteiger partial charge in [0.05, 0.1) is 0 Å². The predicted molar refractivity (Wildman–Crippen MR) is 77.9 cm³/mol. The SMILES string of the molecule is CC(C)C[C@H](NC(=O)[C@@H]1C[C@H]1c1ccccc1)C(N)=O. The fourth-order valence-electron chi connectivity index (χ4n) is 2.55. The maximum absolute atomic E-state index is 12.2. The number of rotatable bonds is 6. The lowest BCUT2D eigenvalue weighted by Gasteiger charge is -2.17. The molecule has 2 rings (SSSR count). The van der Waals surface area contributed by atoms with Gasteiger partial charge < -0.3 is 11.1 Å². The van der Waals surface area contributed by atoms with E-state index in [1.165, 1.54) is 5.56 Å². The summed E-state index contributed by atoms with van der Waals surface area (Å²) in [5, 5.41) is 2.80. The number of carbonyl (C=O) groups is 2. The van der Waals surface area contributed by atoms with E-state index in [1.807, 2.05) is 44.2 Å². The van der Waals surface area contributed by atoms with Crippen LogP contribution in [0.3, 0.4) is 0 Å². The molecule has 0 unspecified atom stereocenters. The molecule has 1 aromatic carbocycles. The van der Waals surface area contributed by atoms with Crippen LogP contribution < -0.4 is 11.1 Å². The van der Waals surface area contributed by atoms with Crippen LogP contribution in [0.5, 0.6) is 0 Å². The minimum Gasteiger partial charge on any atom is -0.368 e. The summed E-state index contributed by atoms with van der Waals surface area (Å²) in [6, 6.07) is 9.45. The summed E-state index contributed by atoms with van der Waals surface area (Å²) < 4.78 is 0. The Morgan fingerprint density at radius 1 is 1.30 bits per heavy atom. The van der Waals surface area contributed by atoms with E-state index >= 15 is 0 Å². The molecule has 1 aliphatic carbocycles. The molecule has 4 heteroatoms. The Kier molecular flexibility index (Phi) is 4.42. The molecule has 0 aliphatic heterocycles. The van der Waals surface area contributed by atoms with Crippen LogP contribution in [0.2, 0.25) is 0 Å². The first-order chi connectivity index (χ1) is 9.49. The molecule has 1 aliphatic rings. The number of hydrogen-bond donors (Lipinski definition) is 2. The minimum atomic E-state index is -0.556. The van der Waals surface area contributed by atoms with E-state index in [2.05, 4.69) is 5.32 Å². The van der Waals surface area contributed by atoms with Gasteiger partial charge in [0.25, 0.3) is 0 Å². The monoisotopic (exact) mass is 274 g/mol. The van der Waals surface area contributed by atoms with Crippen molar-refractivity contribution in [2.24, 2.45) is 17.6 Å². The first-order valence-electron chi connectivity index (χ1n) is 7.13. The average Bonchev–Trinajstić information content (AvgIpc) is 3.18. The molecule has 3 atom stereocenters. The zero-order chi connectivity index (χ0) is 14.7. The van der Waals surface area contributed by atoms with Crippen molar-refractivity contribution in [1.29, 1.82) is 0 Å². The number of benzene rings is 1. The van der Waals surface area contributed by atoms with Gasteiger partial charge in [-0.25, -0.2) is 0 Å². The van der Waals surface area contributed by atoms with Gasteiger partial charge in [-0.3, -0.25) is 9.59 Å². The molecule has 0 saturated heterocycles. The van der Waals surface area contributed by atoms with E-state index in [0.717, 1.165) is 6.42 Å². The van der Waals surface area contributed by atoms with E-state index in [0.29, 0.717) is 12.3 Å². The van der Waals surface area contributed by atoms with Crippen molar-refractivity contribution in [2.45, 2.75) is 38.6 Å². The molecule has 1 saturated carbocycles. The summed E-state index contributed by atoms with van der Waals surface area (Å²) in [5.74, 6) is 0.0689. The Morgan fingerprint density at radius 2 is 1.95 bits per heavy atom. The quantitative estimate of drug-likeness (QED) is 0.830. The number of primary amides is 1. The molecule has 108 valence electrons. The lowest BCUT2D eigenvalue weighted by molar-refractivity contribution is -0.128. The molecule has 20 heavy (non-hydrogen) atoms. The highest BCUT2D eigenvalue weighted by Gasteiger charge is 2.44. The second-order valence-corrected chi connectivity index (χ2v) is 5.95. The van der Waals surface area contributed by atoms with Gasteiger partial charge in [0.2, 0.25) is 11.8 Å². The third-order valence-electron chi connectivity index (χ3n) is 3.72. The van der Waals surface area contributed by atoms with Gasteiger partial charge in [-0.2, -0.15) is 0 Å². The number of nitrogens with one attached hydrogen (secondary N) is 1. The van der Waals surface area contributed by atoms with Gasteiger partial charge >= 0.3 is 0 Å². The molecule has 0 spiro atoms. The van der Waals surface area contributed by atoms with Crippen LogP contribution in [0.25, 0.3) is 0 Å². The molecular weight excluding hydrogens is 252 g/mol. The Hall–Kier alpha value is -1.84. The first kappa shape index (κ1) is 14.6. The fourth-order valence-corrected chi connectivity index (χ4v) is 2.55. The molecule has 4 nitrogen and oxygen atoms in total. The fraction of sp³-hybridized carbons (Fsp3) is 0.500. The van der Waals surface area contributed by atoms with Crippen LogP contribution >= 0.6 is 0 Å². The lowest BCUT2D eigenvalue weighted by atomic mass is 10.0. The Balaban J connectivity index is 1.91. The third-order valence-corrected chi connectivity index (χ3v) is 3.72. The van der Waals surface area contributed by atoms with Crippen molar-refractivity contribution in [3.05, 3.63) is 35.9 Å². The maximum atomic E-state index is 12.2. The van der Waals surface area contributed by atoms with Gasteiger partial charge in [-0.1, -0.05) is 44.2 Å². The normalized spacial score (nSPS) is 22.4. The summed E-state index contributed by atoms with van der Waals surface area (Å²) in [4.78, 5) is 23.5. The van der Waals surface area contributed by atoms with E-state index in [9.17, 15) is 9.59 Å². The van der Waals surface area contributed by atoms with Gasteiger partial charge in [0, 0.05) is 5.92 Å². The Morgan fingerprint density at radius 3 is 2.50 bits per heavy atom. The molecule has 1 fully saturated rings. The van der Waals surface area contributed by atoms with E-state index < -0.39 is 11.9 Å². The number of nitrogens with two attached hydrogens (primary N) is 1. The summed E-state index contributed by atoms with van der Waals surface area (Å²) in [6.07, 6.45) is 1.44. The molecule has 1 aromatic rings. The van der Waals surface area contributed by atoms with Crippen LogP contribution in [0.15, 0.2) is 30.3 Å². The highest BCUT2D eigenvalue weighted by atomic mass is 16.2. The second kappa shape index (κ2) is 6.07. The third kappa shape index (κ3) is 3.59. The van der Waals surface area contributed by atoms with E-state index in [4.69, 9.17) is 5.73 Å². The number of carbonyl (C=O) groups excluding carboxylic acids is 2. The summed E-state index contributed by atoms with van der Waals surface area (Å²) in [6.45, 7) is 4.01. The maximum Gasteiger partial charge on any atom is 0.240 e. The van der Waals surface area contributed by atoms with Crippen molar-refractivity contribution in [1.82, 2.24) is 5.32 Å². The zero-order valence-corrected chi connectivity index (χ0v) is 12.0. The summed E-state index contributed by atoms with van der Waals surface area (Å²) >= 11 is 0. The Bertz CT molecular complexity index is 485. The van der Waals surface area contributed by atoms with Gasteiger partial charge in [0.1, 0.15) is 6.04 Å². The molecule has 0 radical (unpaired) electrons. The Labute approximate surface area is 119 Å². The standard InChI is InChI=1S/C16H22N2O2/c1-10(2)8-14(15(17)19)18-16(20)13-9-12(13)11-6-4-3-5-7-11/h3-7,10,12-14H,8-9H2,1-2H3,(H2,17,19)(H,18,20)/t12-,13+,14-/m0/s1. The lowest BCUT2D eigenvalue weighted by Crippen LogP contribution is -2.45. The summed E-state index contributed by atoms with van der Waals surface area (Å²) in [7, 11) is 0. The smallest absolute Gasteiger partial charge is 0.240 e. The molecule has 0 heterocycles. The van der Waals surface area contributed by atoms with Crippen molar-refractivity contribution in [3.8, 4) is 0 Å². The highest BCUT2D eigenvalue weighted by molar-refractivity contribution is 5.89. The number of hydrogen-bond acceptors (Lipinski definition) is 2. The van der Waals surface area contributed by atoms with Crippen molar-refractivity contribution >= 4 is 11.8 Å².